The second-order valence-electron chi connectivity index (χ2n) is 2.39. The van der Waals surface area contributed by atoms with E-state index in [1.54, 1.807) is 0 Å². The fourth-order valence-electron chi connectivity index (χ4n) is 0.884. The summed E-state index contributed by atoms with van der Waals surface area (Å²) in [4.78, 5) is 2.21. The molecular formula is C9H9NSe. The first kappa shape index (κ1) is 8.33. The Morgan fingerprint density at radius 2 is 2.09 bits per heavy atom. The molecule has 0 amide bonds. The molecule has 0 aliphatic heterocycles. The van der Waals surface area contributed by atoms with Gasteiger partial charge in [0.1, 0.15) is 0 Å². The van der Waals surface area contributed by atoms with Crippen molar-refractivity contribution in [3.8, 4) is 4.97 Å². The van der Waals surface area contributed by atoms with E-state index >= 15 is 0 Å². The molecule has 0 fully saturated rings. The predicted octanol–water partition coefficient (Wildman–Crippen LogP) is 1.11. The Morgan fingerprint density at radius 1 is 1.36 bits per heavy atom. The first-order chi connectivity index (χ1) is 5.25. The molecule has 0 bridgehead atoms. The van der Waals surface area contributed by atoms with Crippen LogP contribution < -0.4 is 4.46 Å². The molecule has 1 aromatic carbocycles. The van der Waals surface area contributed by atoms with Crippen LogP contribution in [-0.4, -0.2) is 15.0 Å². The van der Waals surface area contributed by atoms with Crippen LogP contribution in [0.3, 0.4) is 0 Å². The van der Waals surface area contributed by atoms with E-state index in [1.807, 2.05) is 12.1 Å². The molecule has 1 nitrogen and oxygen atoms in total. The first-order valence-corrected chi connectivity index (χ1v) is 5.09. The summed E-state index contributed by atoms with van der Waals surface area (Å²) in [6.45, 7) is 4.15. The minimum atomic E-state index is -0.00387. The van der Waals surface area contributed by atoms with E-state index < -0.39 is 0 Å². The maximum atomic E-state index is 8.51. The minimum absolute atomic E-state index is 0.00387. The SMILES string of the molecule is Cc1cccc([Se]C#N)c1C. The summed E-state index contributed by atoms with van der Waals surface area (Å²) in [7, 11) is 0. The Balaban J connectivity index is 3.08. The monoisotopic (exact) mass is 211 g/mol. The van der Waals surface area contributed by atoms with Crippen molar-refractivity contribution in [1.29, 1.82) is 5.26 Å². The van der Waals surface area contributed by atoms with Crippen LogP contribution in [0.5, 0.6) is 0 Å². The van der Waals surface area contributed by atoms with Crippen molar-refractivity contribution in [2.75, 3.05) is 0 Å². The number of nitrogens with zero attached hydrogens (tertiary/aromatic N) is 1. The van der Waals surface area contributed by atoms with Crippen LogP contribution in [0.2, 0.25) is 0 Å². The van der Waals surface area contributed by atoms with Gasteiger partial charge in [-0.2, -0.15) is 0 Å². The molecule has 2 heteroatoms. The molecule has 11 heavy (non-hydrogen) atoms. The molecule has 0 spiro atoms. The van der Waals surface area contributed by atoms with Gasteiger partial charge in [-0.05, 0) is 0 Å². The van der Waals surface area contributed by atoms with Crippen LogP contribution in [0, 0.1) is 24.1 Å². The third-order valence-corrected chi connectivity index (χ3v) is 3.29. The predicted molar refractivity (Wildman–Crippen MR) is 46.9 cm³/mol. The summed E-state index contributed by atoms with van der Waals surface area (Å²) in [5, 5.41) is 8.51. The van der Waals surface area contributed by atoms with Crippen molar-refractivity contribution in [2.45, 2.75) is 13.8 Å². The van der Waals surface area contributed by atoms with E-state index in [0.29, 0.717) is 0 Å². The summed E-state index contributed by atoms with van der Waals surface area (Å²) < 4.78 is 1.21. The zero-order chi connectivity index (χ0) is 8.27. The molecule has 0 unspecified atom stereocenters. The van der Waals surface area contributed by atoms with Gasteiger partial charge < -0.3 is 0 Å². The molecule has 0 saturated carbocycles. The zero-order valence-electron chi connectivity index (χ0n) is 6.59. The van der Waals surface area contributed by atoms with E-state index in [1.165, 1.54) is 15.6 Å². The van der Waals surface area contributed by atoms with Crippen molar-refractivity contribution in [3.63, 3.8) is 0 Å². The fraction of sp³-hybridized carbons (Fsp3) is 0.222. The van der Waals surface area contributed by atoms with Gasteiger partial charge in [0.2, 0.25) is 0 Å². The third kappa shape index (κ3) is 1.83. The standard InChI is InChI=1S/C9H9NSe/c1-7-4-3-5-9(8(7)2)11-6-10/h3-5H,1-2H3. The third-order valence-electron chi connectivity index (χ3n) is 1.71. The van der Waals surface area contributed by atoms with Gasteiger partial charge >= 0.3 is 72.8 Å². The van der Waals surface area contributed by atoms with Crippen LogP contribution in [0.1, 0.15) is 11.1 Å². The molecule has 1 aromatic rings. The quantitative estimate of drug-likeness (QED) is 0.637. The number of hydrogen-bond donors (Lipinski definition) is 0. The van der Waals surface area contributed by atoms with Crippen LogP contribution in [0.4, 0.5) is 0 Å². The average Bonchev–Trinajstić information content (AvgIpc) is 1.99. The van der Waals surface area contributed by atoms with Crippen LogP contribution in [-0.2, 0) is 0 Å². The molecule has 0 heterocycles. The van der Waals surface area contributed by atoms with Crippen LogP contribution in [0.15, 0.2) is 18.2 Å². The van der Waals surface area contributed by atoms with Gasteiger partial charge in [0.05, 0.1) is 0 Å². The number of nitriles is 1. The van der Waals surface area contributed by atoms with Crippen molar-refractivity contribution < 1.29 is 0 Å². The summed E-state index contributed by atoms with van der Waals surface area (Å²) in [6, 6.07) is 6.12. The number of hydrogen-bond acceptors (Lipinski definition) is 1. The molecule has 0 N–H and O–H groups in total. The topological polar surface area (TPSA) is 23.8 Å². The van der Waals surface area contributed by atoms with Gasteiger partial charge in [-0.15, -0.1) is 0 Å². The van der Waals surface area contributed by atoms with E-state index in [2.05, 4.69) is 24.9 Å². The summed E-state index contributed by atoms with van der Waals surface area (Å²) in [6.07, 6.45) is 0. The van der Waals surface area contributed by atoms with Crippen LogP contribution in [0.25, 0.3) is 0 Å². The summed E-state index contributed by atoms with van der Waals surface area (Å²) >= 11 is -0.00387. The second kappa shape index (κ2) is 3.57. The summed E-state index contributed by atoms with van der Waals surface area (Å²) in [5.41, 5.74) is 2.55. The second-order valence-corrected chi connectivity index (χ2v) is 4.13. The Morgan fingerprint density at radius 3 is 2.73 bits per heavy atom. The van der Waals surface area contributed by atoms with Gasteiger partial charge in [0.25, 0.3) is 0 Å². The van der Waals surface area contributed by atoms with Crippen LogP contribution >= 0.6 is 0 Å². The Bertz CT molecular complexity index is 299. The molecule has 56 valence electrons. The van der Waals surface area contributed by atoms with Crippen molar-refractivity contribution in [1.82, 2.24) is 0 Å². The maximum absolute atomic E-state index is 8.51. The van der Waals surface area contributed by atoms with Gasteiger partial charge in [0, 0.05) is 0 Å². The van der Waals surface area contributed by atoms with Crippen molar-refractivity contribution in [2.24, 2.45) is 0 Å². The normalized spacial score (nSPS) is 9.18. The number of aryl methyl sites for hydroxylation is 1. The molecule has 0 aliphatic rings. The number of benzene rings is 1. The van der Waals surface area contributed by atoms with E-state index in [4.69, 9.17) is 5.26 Å². The van der Waals surface area contributed by atoms with E-state index in [0.717, 1.165) is 0 Å². The zero-order valence-corrected chi connectivity index (χ0v) is 8.30. The average molecular weight is 210 g/mol. The van der Waals surface area contributed by atoms with Gasteiger partial charge in [-0.3, -0.25) is 0 Å². The molecule has 0 atom stereocenters. The van der Waals surface area contributed by atoms with E-state index in [9.17, 15) is 0 Å². The van der Waals surface area contributed by atoms with Gasteiger partial charge in [-0.25, -0.2) is 0 Å². The molecular weight excluding hydrogens is 201 g/mol. The van der Waals surface area contributed by atoms with Crippen molar-refractivity contribution in [3.05, 3.63) is 29.3 Å². The fourth-order valence-corrected chi connectivity index (χ4v) is 2.06. The molecule has 0 radical (unpaired) electrons. The van der Waals surface area contributed by atoms with Gasteiger partial charge in [0.15, 0.2) is 0 Å². The first-order valence-electron chi connectivity index (χ1n) is 3.38. The number of rotatable bonds is 1. The summed E-state index contributed by atoms with van der Waals surface area (Å²) in [5.74, 6) is 0. The molecule has 1 rings (SSSR count). The Hall–Kier alpha value is -0.771. The Kier molecular flexibility index (Phi) is 2.70. The molecule has 0 aliphatic carbocycles. The van der Waals surface area contributed by atoms with Gasteiger partial charge in [-0.1, -0.05) is 0 Å². The Labute approximate surface area is 73.2 Å². The van der Waals surface area contributed by atoms with E-state index in [-0.39, 0.29) is 15.0 Å². The molecule has 0 saturated heterocycles. The van der Waals surface area contributed by atoms with Crippen molar-refractivity contribution >= 4 is 19.4 Å². The molecule has 0 aromatic heterocycles.